The topological polar surface area (TPSA) is 38.7 Å². The molecule has 96 valence electrons. The maximum Gasteiger partial charge on any atom is 0.185 e. The Morgan fingerprint density at radius 3 is 2.41 bits per heavy atom. The van der Waals surface area contributed by atoms with Crippen LogP contribution >= 0.6 is 0 Å². The third kappa shape index (κ3) is 3.21. The van der Waals surface area contributed by atoms with Crippen molar-refractivity contribution >= 4 is 0 Å². The van der Waals surface area contributed by atoms with Gasteiger partial charge < -0.3 is 14.6 Å². The highest BCUT2D eigenvalue weighted by Gasteiger charge is 2.33. The first-order chi connectivity index (χ1) is 7.92. The molecule has 0 radical (unpaired) electrons. The van der Waals surface area contributed by atoms with Crippen LogP contribution < -0.4 is 0 Å². The van der Waals surface area contributed by atoms with Crippen molar-refractivity contribution in [1.82, 2.24) is 0 Å². The van der Waals surface area contributed by atoms with Crippen LogP contribution in [0.4, 0.5) is 8.78 Å². The maximum atomic E-state index is 13.4. The van der Waals surface area contributed by atoms with Crippen molar-refractivity contribution in [3.8, 4) is 0 Å². The van der Waals surface area contributed by atoms with Crippen LogP contribution in [0.1, 0.15) is 12.5 Å². The van der Waals surface area contributed by atoms with Gasteiger partial charge in [0.25, 0.3) is 0 Å². The first kappa shape index (κ1) is 14.0. The summed E-state index contributed by atoms with van der Waals surface area (Å²) in [5, 5.41) is 10.1. The Hall–Kier alpha value is -1.04. The van der Waals surface area contributed by atoms with E-state index in [4.69, 9.17) is 9.47 Å². The molecule has 0 amide bonds. The van der Waals surface area contributed by atoms with Gasteiger partial charge in [0.15, 0.2) is 17.9 Å². The van der Waals surface area contributed by atoms with Gasteiger partial charge in [0.1, 0.15) is 5.60 Å². The number of halogens is 2. The molecule has 17 heavy (non-hydrogen) atoms. The van der Waals surface area contributed by atoms with Gasteiger partial charge in [-0.15, -0.1) is 0 Å². The molecule has 0 bridgehead atoms. The van der Waals surface area contributed by atoms with Crippen LogP contribution in [0.25, 0.3) is 0 Å². The van der Waals surface area contributed by atoms with E-state index >= 15 is 0 Å². The lowest BCUT2D eigenvalue weighted by molar-refractivity contribution is -0.207. The lowest BCUT2D eigenvalue weighted by Gasteiger charge is -2.30. The third-order valence-corrected chi connectivity index (χ3v) is 2.52. The van der Waals surface area contributed by atoms with Crippen molar-refractivity contribution in [2.75, 3.05) is 14.2 Å². The minimum absolute atomic E-state index is 0.0779. The Kier molecular flexibility index (Phi) is 4.56. The number of benzene rings is 1. The van der Waals surface area contributed by atoms with E-state index in [0.29, 0.717) is 0 Å². The Morgan fingerprint density at radius 2 is 1.88 bits per heavy atom. The molecule has 1 atom stereocenters. The van der Waals surface area contributed by atoms with Crippen molar-refractivity contribution in [3.63, 3.8) is 0 Å². The molecule has 1 N–H and O–H groups in total. The fraction of sp³-hybridized carbons (Fsp3) is 0.500. The Morgan fingerprint density at radius 1 is 1.29 bits per heavy atom. The maximum absolute atomic E-state index is 13.4. The Balaban J connectivity index is 2.93. The number of aliphatic hydroxyl groups is 1. The second-order valence-corrected chi connectivity index (χ2v) is 4.05. The summed E-state index contributed by atoms with van der Waals surface area (Å²) >= 11 is 0. The average molecular weight is 246 g/mol. The molecule has 1 rings (SSSR count). The molecule has 3 nitrogen and oxygen atoms in total. The van der Waals surface area contributed by atoms with Gasteiger partial charge in [-0.1, -0.05) is 12.1 Å². The minimum atomic E-state index is -1.45. The van der Waals surface area contributed by atoms with Crippen LogP contribution in [-0.2, 0) is 15.9 Å². The molecule has 0 saturated heterocycles. The summed E-state index contributed by atoms with van der Waals surface area (Å²) in [6.07, 6.45) is -1.02. The number of rotatable bonds is 5. The summed E-state index contributed by atoms with van der Waals surface area (Å²) in [5.41, 5.74) is -1.37. The molecule has 1 unspecified atom stereocenters. The first-order valence-electron chi connectivity index (χ1n) is 5.13. The molecule has 0 aliphatic rings. The standard InChI is InChI=1S/C12H16F2O3/c1-12(15,11(16-2)17-3)7-8-5-4-6-9(13)10(8)14/h4-6,11,15H,7H2,1-3H3. The van der Waals surface area contributed by atoms with Gasteiger partial charge in [0, 0.05) is 20.6 Å². The Bertz CT molecular complexity index is 376. The quantitative estimate of drug-likeness (QED) is 0.806. The van der Waals surface area contributed by atoms with E-state index in [9.17, 15) is 13.9 Å². The zero-order valence-electron chi connectivity index (χ0n) is 10.0. The molecule has 0 fully saturated rings. The zero-order chi connectivity index (χ0) is 13.1. The lowest BCUT2D eigenvalue weighted by atomic mass is 9.95. The predicted octanol–water partition coefficient (Wildman–Crippen LogP) is 1.88. The summed E-state index contributed by atoms with van der Waals surface area (Å²) < 4.78 is 36.3. The highest BCUT2D eigenvalue weighted by Crippen LogP contribution is 2.22. The molecule has 0 aliphatic heterocycles. The van der Waals surface area contributed by atoms with Crippen LogP contribution in [0, 0.1) is 11.6 Å². The fourth-order valence-corrected chi connectivity index (χ4v) is 1.76. The van der Waals surface area contributed by atoms with Crippen LogP contribution in [0.2, 0.25) is 0 Å². The number of hydrogen-bond acceptors (Lipinski definition) is 3. The van der Waals surface area contributed by atoms with Gasteiger partial charge in [-0.05, 0) is 18.6 Å². The average Bonchev–Trinajstić information content (AvgIpc) is 2.26. The monoisotopic (exact) mass is 246 g/mol. The predicted molar refractivity (Wildman–Crippen MR) is 58.5 cm³/mol. The molecule has 1 aromatic carbocycles. The van der Waals surface area contributed by atoms with Gasteiger partial charge in [-0.25, -0.2) is 8.78 Å². The number of ether oxygens (including phenoxy) is 2. The van der Waals surface area contributed by atoms with Crippen molar-refractivity contribution in [2.45, 2.75) is 25.2 Å². The van der Waals surface area contributed by atoms with E-state index < -0.39 is 23.5 Å². The molecular weight excluding hydrogens is 230 g/mol. The highest BCUT2D eigenvalue weighted by atomic mass is 19.2. The zero-order valence-corrected chi connectivity index (χ0v) is 10.0. The number of hydrogen-bond donors (Lipinski definition) is 1. The van der Waals surface area contributed by atoms with Gasteiger partial charge in [-0.2, -0.15) is 0 Å². The second-order valence-electron chi connectivity index (χ2n) is 4.05. The van der Waals surface area contributed by atoms with Crippen molar-refractivity contribution in [2.24, 2.45) is 0 Å². The largest absolute Gasteiger partial charge is 0.385 e. The summed E-state index contributed by atoms with van der Waals surface area (Å²) in [6.45, 7) is 1.44. The van der Waals surface area contributed by atoms with E-state index in [1.165, 1.54) is 33.3 Å². The van der Waals surface area contributed by atoms with Crippen LogP contribution in [0.5, 0.6) is 0 Å². The van der Waals surface area contributed by atoms with Crippen molar-refractivity contribution in [1.29, 1.82) is 0 Å². The van der Waals surface area contributed by atoms with E-state index in [1.807, 2.05) is 0 Å². The van der Waals surface area contributed by atoms with Gasteiger partial charge in [-0.3, -0.25) is 0 Å². The summed E-state index contributed by atoms with van der Waals surface area (Å²) in [5.74, 6) is -1.90. The van der Waals surface area contributed by atoms with Crippen LogP contribution in [0.3, 0.4) is 0 Å². The smallest absolute Gasteiger partial charge is 0.185 e. The van der Waals surface area contributed by atoms with Crippen molar-refractivity contribution in [3.05, 3.63) is 35.4 Å². The van der Waals surface area contributed by atoms with Crippen LogP contribution in [0.15, 0.2) is 18.2 Å². The van der Waals surface area contributed by atoms with Gasteiger partial charge in [0.05, 0.1) is 0 Å². The second kappa shape index (κ2) is 5.53. The third-order valence-electron chi connectivity index (χ3n) is 2.52. The molecule has 0 aliphatic carbocycles. The summed E-state index contributed by atoms with van der Waals surface area (Å²) in [7, 11) is 2.73. The van der Waals surface area contributed by atoms with E-state index in [0.717, 1.165) is 6.07 Å². The summed E-state index contributed by atoms with van der Waals surface area (Å²) in [4.78, 5) is 0. The molecule has 0 heterocycles. The summed E-state index contributed by atoms with van der Waals surface area (Å²) in [6, 6.07) is 3.82. The fourth-order valence-electron chi connectivity index (χ4n) is 1.76. The van der Waals surface area contributed by atoms with Crippen molar-refractivity contribution < 1.29 is 23.4 Å². The minimum Gasteiger partial charge on any atom is -0.385 e. The molecular formula is C12H16F2O3. The molecule has 0 aromatic heterocycles. The van der Waals surface area contributed by atoms with Gasteiger partial charge in [0.2, 0.25) is 0 Å². The van der Waals surface area contributed by atoms with Gasteiger partial charge >= 0.3 is 0 Å². The molecule has 0 saturated carbocycles. The Labute approximate surface area is 99.0 Å². The number of methoxy groups -OCH3 is 2. The molecule has 0 spiro atoms. The normalized spacial score (nSPS) is 15.0. The molecule has 1 aromatic rings. The van der Waals surface area contributed by atoms with E-state index in [-0.39, 0.29) is 12.0 Å². The van der Waals surface area contributed by atoms with E-state index in [2.05, 4.69) is 0 Å². The molecule has 5 heteroatoms. The highest BCUT2D eigenvalue weighted by molar-refractivity contribution is 5.20. The van der Waals surface area contributed by atoms with E-state index in [1.54, 1.807) is 0 Å². The first-order valence-corrected chi connectivity index (χ1v) is 5.13. The van der Waals surface area contributed by atoms with Crippen LogP contribution in [-0.4, -0.2) is 31.2 Å². The lowest BCUT2D eigenvalue weighted by Crippen LogP contribution is -2.44. The SMILES string of the molecule is COC(OC)C(C)(O)Cc1cccc(F)c1F.